The van der Waals surface area contributed by atoms with Crippen molar-refractivity contribution in [2.75, 3.05) is 13.1 Å². The highest BCUT2D eigenvalue weighted by Gasteiger charge is 2.19. The number of hydrogen-bond donors (Lipinski definition) is 1. The highest BCUT2D eigenvalue weighted by atomic mass is 32.2. The number of benzene rings is 2. The van der Waals surface area contributed by atoms with Gasteiger partial charge >= 0.3 is 0 Å². The van der Waals surface area contributed by atoms with Gasteiger partial charge in [-0.1, -0.05) is 31.0 Å². The smallest absolute Gasteiger partial charge is 0.253 e. The zero-order valence-corrected chi connectivity index (χ0v) is 15.8. The zero-order valence-electron chi connectivity index (χ0n) is 15.0. The second-order valence-corrected chi connectivity index (χ2v) is 8.41. The molecule has 1 heterocycles. The predicted octanol–water partition coefficient (Wildman–Crippen LogP) is 3.32. The van der Waals surface area contributed by atoms with Gasteiger partial charge in [0.1, 0.15) is 5.82 Å². The van der Waals surface area contributed by atoms with E-state index < -0.39 is 15.8 Å². The van der Waals surface area contributed by atoms with Crippen molar-refractivity contribution < 1.29 is 17.6 Å². The van der Waals surface area contributed by atoms with Crippen LogP contribution in [0.15, 0.2) is 53.4 Å². The fraction of sp³-hybridized carbons (Fsp3) is 0.350. The molecule has 7 heteroatoms. The van der Waals surface area contributed by atoms with Crippen LogP contribution in [0, 0.1) is 5.82 Å². The molecule has 0 unspecified atom stereocenters. The fourth-order valence-electron chi connectivity index (χ4n) is 3.13. The number of amides is 1. The van der Waals surface area contributed by atoms with Crippen LogP contribution in [0.25, 0.3) is 0 Å². The predicted molar refractivity (Wildman–Crippen MR) is 101 cm³/mol. The van der Waals surface area contributed by atoms with E-state index >= 15 is 0 Å². The molecule has 5 nitrogen and oxygen atoms in total. The van der Waals surface area contributed by atoms with E-state index in [1.54, 1.807) is 12.1 Å². The third kappa shape index (κ3) is 4.93. The molecule has 1 saturated heterocycles. The first kappa shape index (κ1) is 19.5. The molecule has 1 N–H and O–H groups in total. The Kier molecular flexibility index (Phi) is 6.23. The molecule has 0 bridgehead atoms. The average Bonchev–Trinajstić information content (AvgIpc) is 2.96. The van der Waals surface area contributed by atoms with Crippen molar-refractivity contribution in [3.05, 3.63) is 65.5 Å². The third-order valence-corrected chi connectivity index (χ3v) is 6.13. The monoisotopic (exact) mass is 390 g/mol. The van der Waals surface area contributed by atoms with Crippen LogP contribution in [0.1, 0.15) is 41.6 Å². The van der Waals surface area contributed by atoms with E-state index in [2.05, 4.69) is 4.72 Å². The van der Waals surface area contributed by atoms with E-state index in [0.717, 1.165) is 38.8 Å². The SMILES string of the molecule is O=C(c1ccc(S(=O)(=O)NCc2ccccc2F)cc1)N1CCCCCC1. The van der Waals surface area contributed by atoms with Gasteiger partial charge in [0, 0.05) is 30.8 Å². The van der Waals surface area contributed by atoms with Gasteiger partial charge in [-0.3, -0.25) is 4.79 Å². The van der Waals surface area contributed by atoms with Crippen LogP contribution in [0.3, 0.4) is 0 Å². The Morgan fingerprint density at radius 2 is 1.59 bits per heavy atom. The Morgan fingerprint density at radius 1 is 0.963 bits per heavy atom. The summed E-state index contributed by atoms with van der Waals surface area (Å²) in [7, 11) is -3.79. The number of carbonyl (C=O) groups is 1. The summed E-state index contributed by atoms with van der Waals surface area (Å²) in [5.41, 5.74) is 0.749. The Morgan fingerprint density at radius 3 is 2.22 bits per heavy atom. The number of rotatable bonds is 5. The molecule has 3 rings (SSSR count). The maximum absolute atomic E-state index is 13.6. The summed E-state index contributed by atoms with van der Waals surface area (Å²) in [6, 6.07) is 11.9. The van der Waals surface area contributed by atoms with Crippen LogP contribution in [0.4, 0.5) is 4.39 Å². The van der Waals surface area contributed by atoms with Crippen LogP contribution in [0.5, 0.6) is 0 Å². The minimum absolute atomic E-state index is 0.0475. The molecular formula is C20H23FN2O3S. The molecule has 0 saturated carbocycles. The lowest BCUT2D eigenvalue weighted by Crippen LogP contribution is -2.31. The van der Waals surface area contributed by atoms with Gasteiger partial charge in [-0.2, -0.15) is 0 Å². The zero-order chi connectivity index (χ0) is 19.3. The van der Waals surface area contributed by atoms with Crippen molar-refractivity contribution in [1.82, 2.24) is 9.62 Å². The molecule has 0 aromatic heterocycles. The van der Waals surface area contributed by atoms with Crippen molar-refractivity contribution >= 4 is 15.9 Å². The van der Waals surface area contributed by atoms with Crippen molar-refractivity contribution in [2.24, 2.45) is 0 Å². The number of halogens is 1. The molecular weight excluding hydrogens is 367 g/mol. The molecule has 1 fully saturated rings. The molecule has 2 aromatic carbocycles. The summed E-state index contributed by atoms with van der Waals surface area (Å²) in [5.74, 6) is -0.529. The van der Waals surface area contributed by atoms with Gasteiger partial charge in [0.2, 0.25) is 10.0 Å². The standard InChI is InChI=1S/C20H23FN2O3S/c21-19-8-4-3-7-17(19)15-22-27(25,26)18-11-9-16(10-12-18)20(24)23-13-5-1-2-6-14-23/h3-4,7-12,22H,1-2,5-6,13-15H2. The van der Waals surface area contributed by atoms with Crippen molar-refractivity contribution in [3.8, 4) is 0 Å². The summed E-state index contributed by atoms with van der Waals surface area (Å²) < 4.78 is 40.9. The molecule has 0 atom stereocenters. The number of sulfonamides is 1. The Labute approximate surface area is 159 Å². The number of likely N-dealkylation sites (tertiary alicyclic amines) is 1. The van der Waals surface area contributed by atoms with E-state index in [1.807, 2.05) is 4.90 Å². The molecule has 144 valence electrons. The van der Waals surface area contributed by atoms with Gasteiger partial charge in [-0.25, -0.2) is 17.5 Å². The van der Waals surface area contributed by atoms with Gasteiger partial charge in [0.15, 0.2) is 0 Å². The molecule has 0 spiro atoms. The Hall–Kier alpha value is -2.25. The lowest BCUT2D eigenvalue weighted by Gasteiger charge is -2.20. The summed E-state index contributed by atoms with van der Waals surface area (Å²) in [4.78, 5) is 14.5. The van der Waals surface area contributed by atoms with Crippen molar-refractivity contribution in [2.45, 2.75) is 37.1 Å². The summed E-state index contributed by atoms with van der Waals surface area (Å²) in [5, 5.41) is 0. The second kappa shape index (κ2) is 8.63. The first-order chi connectivity index (χ1) is 13.0. The first-order valence-corrected chi connectivity index (χ1v) is 10.6. The lowest BCUT2D eigenvalue weighted by atomic mass is 10.2. The van der Waals surface area contributed by atoms with E-state index in [0.29, 0.717) is 5.56 Å². The topological polar surface area (TPSA) is 66.5 Å². The first-order valence-electron chi connectivity index (χ1n) is 9.10. The maximum Gasteiger partial charge on any atom is 0.253 e. The van der Waals surface area contributed by atoms with E-state index in [-0.39, 0.29) is 22.9 Å². The van der Waals surface area contributed by atoms with Crippen LogP contribution < -0.4 is 4.72 Å². The molecule has 1 aliphatic rings. The maximum atomic E-state index is 13.6. The minimum atomic E-state index is -3.79. The van der Waals surface area contributed by atoms with Crippen LogP contribution >= 0.6 is 0 Å². The molecule has 27 heavy (non-hydrogen) atoms. The summed E-state index contributed by atoms with van der Waals surface area (Å²) in [6.45, 7) is 1.34. The molecule has 0 aliphatic carbocycles. The van der Waals surface area contributed by atoms with Crippen LogP contribution in [0.2, 0.25) is 0 Å². The van der Waals surface area contributed by atoms with Gasteiger partial charge in [0.25, 0.3) is 5.91 Å². The van der Waals surface area contributed by atoms with Crippen molar-refractivity contribution in [3.63, 3.8) is 0 Å². The number of nitrogens with one attached hydrogen (secondary N) is 1. The summed E-state index contributed by atoms with van der Waals surface area (Å²) >= 11 is 0. The van der Waals surface area contributed by atoms with Gasteiger partial charge < -0.3 is 4.90 Å². The Bertz CT molecular complexity index is 890. The van der Waals surface area contributed by atoms with Crippen LogP contribution in [-0.4, -0.2) is 32.3 Å². The van der Waals surface area contributed by atoms with Gasteiger partial charge in [0.05, 0.1) is 4.90 Å². The average molecular weight is 390 g/mol. The lowest BCUT2D eigenvalue weighted by molar-refractivity contribution is 0.0761. The van der Waals surface area contributed by atoms with Crippen LogP contribution in [-0.2, 0) is 16.6 Å². The van der Waals surface area contributed by atoms with E-state index in [9.17, 15) is 17.6 Å². The molecule has 2 aromatic rings. The number of nitrogens with zero attached hydrogens (tertiary/aromatic N) is 1. The fourth-order valence-corrected chi connectivity index (χ4v) is 4.14. The highest BCUT2D eigenvalue weighted by Crippen LogP contribution is 2.16. The quantitative estimate of drug-likeness (QED) is 0.852. The van der Waals surface area contributed by atoms with Gasteiger partial charge in [-0.05, 0) is 43.2 Å². The number of hydrogen-bond acceptors (Lipinski definition) is 3. The molecule has 1 aliphatic heterocycles. The highest BCUT2D eigenvalue weighted by molar-refractivity contribution is 7.89. The van der Waals surface area contributed by atoms with Gasteiger partial charge in [-0.15, -0.1) is 0 Å². The minimum Gasteiger partial charge on any atom is -0.339 e. The molecule has 1 amide bonds. The van der Waals surface area contributed by atoms with E-state index in [1.165, 1.54) is 36.4 Å². The summed E-state index contributed by atoms with van der Waals surface area (Å²) in [6.07, 6.45) is 4.26. The normalized spacial score (nSPS) is 15.4. The second-order valence-electron chi connectivity index (χ2n) is 6.65. The molecule has 0 radical (unpaired) electrons. The number of carbonyl (C=O) groups excluding carboxylic acids is 1. The third-order valence-electron chi connectivity index (χ3n) is 4.72. The van der Waals surface area contributed by atoms with E-state index in [4.69, 9.17) is 0 Å². The van der Waals surface area contributed by atoms with Crippen molar-refractivity contribution in [1.29, 1.82) is 0 Å². The largest absolute Gasteiger partial charge is 0.339 e. The Balaban J connectivity index is 1.68.